The number of hydrogen-bond acceptors (Lipinski definition) is 2. The van der Waals surface area contributed by atoms with Gasteiger partial charge in [0.15, 0.2) is 0 Å². The summed E-state index contributed by atoms with van der Waals surface area (Å²) in [5, 5.41) is 0. The van der Waals surface area contributed by atoms with Crippen LogP contribution in [0.2, 0.25) is 0 Å². The van der Waals surface area contributed by atoms with Gasteiger partial charge in [0.1, 0.15) is 0 Å². The third-order valence-corrected chi connectivity index (χ3v) is 5.74. The van der Waals surface area contributed by atoms with Gasteiger partial charge < -0.3 is 0 Å². The van der Waals surface area contributed by atoms with Gasteiger partial charge >= 0.3 is 0 Å². The molecule has 0 aliphatic heterocycles. The van der Waals surface area contributed by atoms with Crippen molar-refractivity contribution in [2.75, 3.05) is 0 Å². The Labute approximate surface area is 170 Å². The standard InChI is InChI=1S/C26H34N2/c1-18(2)22-15-11-16-23(19(3)4)26(22)28-25-17-10-9-14-24(25)20(5)27-21-12-7-6-8-13-21/h6-8,11-13,15-16,18-19,24H,9-10,14,17H2,1-5H3/b27-20+,28-25+. The summed E-state index contributed by atoms with van der Waals surface area (Å²) in [6.07, 6.45) is 4.72. The Balaban J connectivity index is 2.03. The molecule has 3 rings (SSSR count). The summed E-state index contributed by atoms with van der Waals surface area (Å²) in [4.78, 5) is 10.3. The Bertz CT molecular complexity index is 818. The normalized spacial score (nSPS) is 19.6. The first kappa shape index (κ1) is 20.5. The van der Waals surface area contributed by atoms with Gasteiger partial charge in [0.2, 0.25) is 0 Å². The quantitative estimate of drug-likeness (QED) is 0.474. The van der Waals surface area contributed by atoms with Gasteiger partial charge in [-0.05, 0) is 61.3 Å². The minimum atomic E-state index is 0.356. The van der Waals surface area contributed by atoms with E-state index in [0.29, 0.717) is 17.8 Å². The maximum Gasteiger partial charge on any atom is 0.0698 e. The maximum absolute atomic E-state index is 5.34. The summed E-state index contributed by atoms with van der Waals surface area (Å²) in [6.45, 7) is 11.2. The number of para-hydroxylation sites is 2. The lowest BCUT2D eigenvalue weighted by molar-refractivity contribution is 0.611. The van der Waals surface area contributed by atoms with Crippen LogP contribution in [-0.4, -0.2) is 11.4 Å². The molecule has 0 amide bonds. The van der Waals surface area contributed by atoms with Gasteiger partial charge in [-0.25, -0.2) is 0 Å². The molecule has 2 nitrogen and oxygen atoms in total. The van der Waals surface area contributed by atoms with E-state index in [1.54, 1.807) is 0 Å². The van der Waals surface area contributed by atoms with Crippen molar-refractivity contribution in [2.24, 2.45) is 15.9 Å². The van der Waals surface area contributed by atoms with E-state index in [4.69, 9.17) is 9.98 Å². The zero-order chi connectivity index (χ0) is 20.1. The van der Waals surface area contributed by atoms with E-state index < -0.39 is 0 Å². The van der Waals surface area contributed by atoms with Crippen LogP contribution in [0, 0.1) is 5.92 Å². The van der Waals surface area contributed by atoms with E-state index in [1.165, 1.54) is 41.1 Å². The van der Waals surface area contributed by atoms with E-state index in [9.17, 15) is 0 Å². The highest BCUT2D eigenvalue weighted by Gasteiger charge is 2.24. The topological polar surface area (TPSA) is 24.7 Å². The van der Waals surface area contributed by atoms with E-state index in [0.717, 1.165) is 18.5 Å². The second kappa shape index (κ2) is 9.32. The number of hydrogen-bond donors (Lipinski definition) is 0. The monoisotopic (exact) mass is 374 g/mol. The van der Waals surface area contributed by atoms with Crippen molar-refractivity contribution >= 4 is 22.8 Å². The highest BCUT2D eigenvalue weighted by Crippen LogP contribution is 2.37. The van der Waals surface area contributed by atoms with Gasteiger partial charge in [-0.1, -0.05) is 70.5 Å². The van der Waals surface area contributed by atoms with Crippen LogP contribution in [-0.2, 0) is 0 Å². The first-order chi connectivity index (χ1) is 13.5. The van der Waals surface area contributed by atoms with Crippen LogP contribution in [0.25, 0.3) is 0 Å². The first-order valence-corrected chi connectivity index (χ1v) is 10.8. The third-order valence-electron chi connectivity index (χ3n) is 5.74. The molecule has 2 heteroatoms. The van der Waals surface area contributed by atoms with Gasteiger partial charge in [-0.2, -0.15) is 0 Å². The molecule has 1 saturated carbocycles. The van der Waals surface area contributed by atoms with Crippen LogP contribution in [0.1, 0.15) is 83.3 Å². The van der Waals surface area contributed by atoms with E-state index in [2.05, 4.69) is 77.1 Å². The summed E-state index contributed by atoms with van der Waals surface area (Å²) in [5.41, 5.74) is 7.48. The van der Waals surface area contributed by atoms with Crippen LogP contribution >= 0.6 is 0 Å². The molecule has 2 aromatic rings. The number of aliphatic imine (C=N–C) groups is 2. The number of benzene rings is 2. The maximum atomic E-state index is 5.34. The van der Waals surface area contributed by atoms with Gasteiger partial charge in [-0.3, -0.25) is 9.98 Å². The Hall–Kier alpha value is -2.22. The van der Waals surface area contributed by atoms with E-state index in [-0.39, 0.29) is 0 Å². The summed E-state index contributed by atoms with van der Waals surface area (Å²) < 4.78 is 0. The predicted molar refractivity (Wildman–Crippen MR) is 123 cm³/mol. The van der Waals surface area contributed by atoms with E-state index >= 15 is 0 Å². The molecule has 2 aromatic carbocycles. The molecule has 1 unspecified atom stereocenters. The second-order valence-corrected chi connectivity index (χ2v) is 8.58. The van der Waals surface area contributed by atoms with Crippen molar-refractivity contribution < 1.29 is 0 Å². The Morgan fingerprint density at radius 2 is 1.50 bits per heavy atom. The van der Waals surface area contributed by atoms with Crippen molar-refractivity contribution in [1.29, 1.82) is 0 Å². The zero-order valence-corrected chi connectivity index (χ0v) is 18.1. The third kappa shape index (κ3) is 4.79. The predicted octanol–water partition coefficient (Wildman–Crippen LogP) is 7.99. The fourth-order valence-corrected chi connectivity index (χ4v) is 4.15. The Morgan fingerprint density at radius 1 is 0.857 bits per heavy atom. The van der Waals surface area contributed by atoms with Crippen LogP contribution in [0.3, 0.4) is 0 Å². The van der Waals surface area contributed by atoms with Crippen molar-refractivity contribution in [3.8, 4) is 0 Å². The zero-order valence-electron chi connectivity index (χ0n) is 18.1. The summed E-state index contributed by atoms with van der Waals surface area (Å²) >= 11 is 0. The molecule has 0 radical (unpaired) electrons. The first-order valence-electron chi connectivity index (χ1n) is 10.8. The smallest absolute Gasteiger partial charge is 0.0698 e. The Morgan fingerprint density at radius 3 is 2.11 bits per heavy atom. The second-order valence-electron chi connectivity index (χ2n) is 8.58. The minimum absolute atomic E-state index is 0.356. The molecule has 1 fully saturated rings. The molecule has 0 saturated heterocycles. The van der Waals surface area contributed by atoms with Gasteiger partial charge in [0.05, 0.1) is 11.4 Å². The fourth-order valence-electron chi connectivity index (χ4n) is 4.15. The molecule has 0 bridgehead atoms. The molecule has 1 atom stereocenters. The summed E-state index contributed by atoms with van der Waals surface area (Å²) in [6, 6.07) is 17.0. The van der Waals surface area contributed by atoms with Crippen LogP contribution in [0.4, 0.5) is 11.4 Å². The van der Waals surface area contributed by atoms with Gasteiger partial charge in [0, 0.05) is 17.3 Å². The highest BCUT2D eigenvalue weighted by molar-refractivity contribution is 6.08. The van der Waals surface area contributed by atoms with Crippen LogP contribution < -0.4 is 0 Å². The van der Waals surface area contributed by atoms with Crippen molar-refractivity contribution in [1.82, 2.24) is 0 Å². The van der Waals surface area contributed by atoms with Crippen molar-refractivity contribution in [3.63, 3.8) is 0 Å². The average molecular weight is 375 g/mol. The molecule has 0 aromatic heterocycles. The number of nitrogens with zero attached hydrogens (tertiary/aromatic N) is 2. The van der Waals surface area contributed by atoms with Crippen LogP contribution in [0.15, 0.2) is 58.5 Å². The van der Waals surface area contributed by atoms with Crippen LogP contribution in [0.5, 0.6) is 0 Å². The molecular weight excluding hydrogens is 340 g/mol. The summed E-state index contributed by atoms with van der Waals surface area (Å²) in [7, 11) is 0. The lowest BCUT2D eigenvalue weighted by Gasteiger charge is -2.26. The van der Waals surface area contributed by atoms with Crippen molar-refractivity contribution in [2.45, 2.75) is 72.1 Å². The molecule has 148 valence electrons. The molecule has 0 heterocycles. The largest absolute Gasteiger partial charge is 0.257 e. The molecule has 0 N–H and O–H groups in total. The fraction of sp³-hybridized carbons (Fsp3) is 0.462. The number of rotatable bonds is 5. The van der Waals surface area contributed by atoms with E-state index in [1.807, 2.05) is 6.07 Å². The summed E-state index contributed by atoms with van der Waals surface area (Å²) in [5.74, 6) is 1.30. The lowest BCUT2D eigenvalue weighted by Crippen LogP contribution is -2.25. The molecular formula is C26H34N2. The van der Waals surface area contributed by atoms with Gasteiger partial charge in [0.25, 0.3) is 0 Å². The molecule has 28 heavy (non-hydrogen) atoms. The lowest BCUT2D eigenvalue weighted by atomic mass is 9.83. The molecule has 1 aliphatic rings. The SMILES string of the molecule is C/C(=N\c1ccccc1)C1CCCC/C1=N\c1c(C(C)C)cccc1C(C)C. The average Bonchev–Trinajstić information content (AvgIpc) is 2.69. The highest BCUT2D eigenvalue weighted by atomic mass is 14.8. The van der Waals surface area contributed by atoms with Gasteiger partial charge in [-0.15, -0.1) is 0 Å². The van der Waals surface area contributed by atoms with Crippen molar-refractivity contribution in [3.05, 3.63) is 59.7 Å². The molecule has 0 spiro atoms. The minimum Gasteiger partial charge on any atom is -0.257 e. The molecule has 1 aliphatic carbocycles. The Kier molecular flexibility index (Phi) is 6.83.